The molecule has 0 unspecified atom stereocenters. The van der Waals surface area contributed by atoms with Gasteiger partial charge in [-0.15, -0.1) is 0 Å². The molecule has 0 amide bonds. The molecular formula is C17H26O. The summed E-state index contributed by atoms with van der Waals surface area (Å²) < 4.78 is 5.68. The Morgan fingerprint density at radius 1 is 1.11 bits per heavy atom. The molecule has 1 heteroatoms. The largest absolute Gasteiger partial charge is 0.493 e. The minimum absolute atomic E-state index is 0.691. The maximum atomic E-state index is 5.68. The summed E-state index contributed by atoms with van der Waals surface area (Å²) in [7, 11) is 0. The van der Waals surface area contributed by atoms with E-state index in [1.54, 1.807) is 0 Å². The zero-order valence-corrected chi connectivity index (χ0v) is 12.6. The van der Waals surface area contributed by atoms with Crippen LogP contribution in [0.15, 0.2) is 42.0 Å². The molecule has 0 radical (unpaired) electrons. The predicted molar refractivity (Wildman–Crippen MR) is 81.6 cm³/mol. The number of rotatable bonds is 4. The Balaban J connectivity index is 0.00000137. The second-order valence-electron chi connectivity index (χ2n) is 4.02. The zero-order chi connectivity index (χ0) is 14.0. The molecule has 100 valence electrons. The van der Waals surface area contributed by atoms with Gasteiger partial charge in [-0.05, 0) is 39.3 Å². The normalized spacial score (nSPS) is 10.2. The number of hydrogen-bond acceptors (Lipinski definition) is 1. The zero-order valence-electron chi connectivity index (χ0n) is 12.6. The van der Waals surface area contributed by atoms with Crippen LogP contribution >= 0.6 is 0 Å². The third-order valence-corrected chi connectivity index (χ3v) is 2.28. The highest BCUT2D eigenvalue weighted by atomic mass is 16.5. The van der Waals surface area contributed by atoms with Gasteiger partial charge in [0.15, 0.2) is 0 Å². The smallest absolute Gasteiger partial charge is 0.126 e. The molecule has 1 rings (SSSR count). The van der Waals surface area contributed by atoms with Crippen LogP contribution in [0.3, 0.4) is 0 Å². The van der Waals surface area contributed by atoms with Crippen LogP contribution < -0.4 is 0 Å². The van der Waals surface area contributed by atoms with Gasteiger partial charge in [-0.1, -0.05) is 49.8 Å². The highest BCUT2D eigenvalue weighted by Crippen LogP contribution is 2.20. The lowest BCUT2D eigenvalue weighted by Gasteiger charge is -2.10. The Morgan fingerprint density at radius 2 is 1.72 bits per heavy atom. The molecule has 0 atom stereocenters. The summed E-state index contributed by atoms with van der Waals surface area (Å²) in [5.74, 6) is 0.946. The van der Waals surface area contributed by atoms with Crippen LogP contribution in [-0.2, 0) is 4.74 Å². The molecule has 0 aromatic heterocycles. The van der Waals surface area contributed by atoms with E-state index < -0.39 is 0 Å². The first kappa shape index (κ1) is 16.5. The Bertz CT molecular complexity index is 396. The molecule has 0 bridgehead atoms. The topological polar surface area (TPSA) is 9.23 Å². The first-order chi connectivity index (χ1) is 8.65. The van der Waals surface area contributed by atoms with Gasteiger partial charge in [0.1, 0.15) is 5.76 Å². The average molecular weight is 246 g/mol. The van der Waals surface area contributed by atoms with Crippen molar-refractivity contribution in [3.05, 3.63) is 53.1 Å². The van der Waals surface area contributed by atoms with Crippen molar-refractivity contribution in [2.75, 3.05) is 6.61 Å². The van der Waals surface area contributed by atoms with Crippen molar-refractivity contribution in [3.63, 3.8) is 0 Å². The molecule has 0 N–H and O–H groups in total. The van der Waals surface area contributed by atoms with Gasteiger partial charge in [-0.25, -0.2) is 0 Å². The third kappa shape index (κ3) is 5.72. The highest BCUT2D eigenvalue weighted by molar-refractivity contribution is 5.64. The van der Waals surface area contributed by atoms with Gasteiger partial charge < -0.3 is 4.74 Å². The fourth-order valence-corrected chi connectivity index (χ4v) is 1.46. The van der Waals surface area contributed by atoms with Crippen LogP contribution in [0, 0.1) is 6.92 Å². The number of ether oxygens (including phenoxy) is 1. The van der Waals surface area contributed by atoms with Crippen molar-refractivity contribution >= 4 is 5.76 Å². The van der Waals surface area contributed by atoms with Crippen molar-refractivity contribution in [2.24, 2.45) is 0 Å². The quantitative estimate of drug-likeness (QED) is 0.513. The predicted octanol–water partition coefficient (Wildman–Crippen LogP) is 5.36. The van der Waals surface area contributed by atoms with E-state index in [0.29, 0.717) is 6.61 Å². The van der Waals surface area contributed by atoms with Crippen LogP contribution in [-0.4, -0.2) is 6.61 Å². The number of benzene rings is 1. The monoisotopic (exact) mass is 246 g/mol. The molecule has 0 aliphatic heterocycles. The third-order valence-electron chi connectivity index (χ3n) is 2.28. The highest BCUT2D eigenvalue weighted by Gasteiger charge is 2.03. The van der Waals surface area contributed by atoms with Crippen LogP contribution in [0.5, 0.6) is 0 Å². The van der Waals surface area contributed by atoms with Crippen molar-refractivity contribution in [1.82, 2.24) is 0 Å². The van der Waals surface area contributed by atoms with E-state index in [1.165, 1.54) is 16.7 Å². The summed E-state index contributed by atoms with van der Waals surface area (Å²) in [6.45, 7) is 13.0. The van der Waals surface area contributed by atoms with Crippen molar-refractivity contribution in [3.8, 4) is 0 Å². The second-order valence-corrected chi connectivity index (χ2v) is 4.02. The lowest BCUT2D eigenvalue weighted by molar-refractivity contribution is 0.298. The Labute approximate surface area is 112 Å². The molecule has 1 aromatic carbocycles. The molecule has 1 nitrogen and oxygen atoms in total. The molecule has 18 heavy (non-hydrogen) atoms. The van der Waals surface area contributed by atoms with E-state index in [0.717, 1.165) is 5.76 Å². The number of allylic oxidation sites excluding steroid dienone is 3. The van der Waals surface area contributed by atoms with Crippen LogP contribution in [0.1, 0.15) is 45.7 Å². The van der Waals surface area contributed by atoms with Gasteiger partial charge in [0, 0.05) is 5.56 Å². The van der Waals surface area contributed by atoms with E-state index in [2.05, 4.69) is 39.0 Å². The summed E-state index contributed by atoms with van der Waals surface area (Å²) in [6.07, 6.45) is 4.12. The molecule has 0 saturated carbocycles. The van der Waals surface area contributed by atoms with E-state index in [-0.39, 0.29) is 0 Å². The standard InChI is InChI=1S/C15H20O.C2H6/c1-5-16-15(11-10-12(2)3)14-9-7-6-8-13(14)4;1-2/h6-11H,5H2,1-4H3;1-2H3/b15-11+;. The van der Waals surface area contributed by atoms with Gasteiger partial charge in [0.05, 0.1) is 6.61 Å². The number of aryl methyl sites for hydroxylation is 1. The van der Waals surface area contributed by atoms with Crippen LogP contribution in [0.25, 0.3) is 5.76 Å². The van der Waals surface area contributed by atoms with Crippen molar-refractivity contribution in [1.29, 1.82) is 0 Å². The van der Waals surface area contributed by atoms with E-state index in [1.807, 2.05) is 39.0 Å². The van der Waals surface area contributed by atoms with Gasteiger partial charge in [-0.3, -0.25) is 0 Å². The second kappa shape index (κ2) is 9.52. The van der Waals surface area contributed by atoms with E-state index in [4.69, 9.17) is 4.74 Å². The Kier molecular flexibility index (Phi) is 8.73. The van der Waals surface area contributed by atoms with Crippen LogP contribution in [0.2, 0.25) is 0 Å². The molecule has 0 heterocycles. The Hall–Kier alpha value is -1.50. The van der Waals surface area contributed by atoms with Crippen molar-refractivity contribution < 1.29 is 4.74 Å². The number of hydrogen-bond donors (Lipinski definition) is 0. The molecule has 0 fully saturated rings. The summed E-state index contributed by atoms with van der Waals surface area (Å²) in [6, 6.07) is 8.28. The SMILES string of the molecule is CC.CCO/C(=C/C=C(C)C)c1ccccc1C. The minimum atomic E-state index is 0.691. The molecule has 0 spiro atoms. The van der Waals surface area contributed by atoms with Gasteiger partial charge >= 0.3 is 0 Å². The maximum absolute atomic E-state index is 5.68. The summed E-state index contributed by atoms with van der Waals surface area (Å²) in [5.41, 5.74) is 3.68. The summed E-state index contributed by atoms with van der Waals surface area (Å²) >= 11 is 0. The fourth-order valence-electron chi connectivity index (χ4n) is 1.46. The summed E-state index contributed by atoms with van der Waals surface area (Å²) in [4.78, 5) is 0. The van der Waals surface area contributed by atoms with E-state index in [9.17, 15) is 0 Å². The maximum Gasteiger partial charge on any atom is 0.126 e. The molecule has 0 aliphatic carbocycles. The van der Waals surface area contributed by atoms with Gasteiger partial charge in [-0.2, -0.15) is 0 Å². The van der Waals surface area contributed by atoms with E-state index >= 15 is 0 Å². The average Bonchev–Trinajstić information content (AvgIpc) is 2.38. The summed E-state index contributed by atoms with van der Waals surface area (Å²) in [5, 5.41) is 0. The first-order valence-corrected chi connectivity index (χ1v) is 6.69. The molecule has 1 aromatic rings. The van der Waals surface area contributed by atoms with Crippen LogP contribution in [0.4, 0.5) is 0 Å². The first-order valence-electron chi connectivity index (χ1n) is 6.69. The molecular weight excluding hydrogens is 220 g/mol. The van der Waals surface area contributed by atoms with Gasteiger partial charge in [0.2, 0.25) is 0 Å². The lowest BCUT2D eigenvalue weighted by atomic mass is 10.1. The molecule has 0 aliphatic rings. The molecule has 0 saturated heterocycles. The van der Waals surface area contributed by atoms with Gasteiger partial charge in [0.25, 0.3) is 0 Å². The minimum Gasteiger partial charge on any atom is -0.493 e. The fraction of sp³-hybridized carbons (Fsp3) is 0.412. The lowest BCUT2D eigenvalue weighted by Crippen LogP contribution is -1.94. The van der Waals surface area contributed by atoms with Crippen molar-refractivity contribution in [2.45, 2.75) is 41.5 Å². The Morgan fingerprint density at radius 3 is 2.22 bits per heavy atom.